The standard InChI is InChI=1S/C24H32N2O4S/c1-2-3-10-19-30-23-12-7-6-11-22(23)24(27)25-20-13-15-21(16-14-20)31(28,29)26-17-8-4-5-9-18-26/h6-7,11-16H,2-5,8-10,17-19H2,1H3,(H,25,27). The van der Waals surface area contributed by atoms with E-state index in [1.54, 1.807) is 46.8 Å². The van der Waals surface area contributed by atoms with Crippen LogP contribution in [0.3, 0.4) is 0 Å². The number of hydrogen-bond acceptors (Lipinski definition) is 4. The van der Waals surface area contributed by atoms with Gasteiger partial charge < -0.3 is 10.1 Å². The van der Waals surface area contributed by atoms with Crippen LogP contribution in [0.5, 0.6) is 5.75 Å². The van der Waals surface area contributed by atoms with Crippen molar-refractivity contribution in [3.63, 3.8) is 0 Å². The third kappa shape index (κ3) is 6.31. The quantitative estimate of drug-likeness (QED) is 0.548. The van der Waals surface area contributed by atoms with E-state index >= 15 is 0 Å². The van der Waals surface area contributed by atoms with Crippen LogP contribution in [0.25, 0.3) is 0 Å². The zero-order valence-electron chi connectivity index (χ0n) is 18.2. The summed E-state index contributed by atoms with van der Waals surface area (Å²) in [5.41, 5.74) is 1.00. The molecule has 7 heteroatoms. The molecule has 1 heterocycles. The third-order valence-corrected chi connectivity index (χ3v) is 7.37. The van der Waals surface area contributed by atoms with E-state index in [2.05, 4.69) is 12.2 Å². The van der Waals surface area contributed by atoms with Gasteiger partial charge in [-0.1, -0.05) is 44.7 Å². The van der Waals surface area contributed by atoms with Crippen molar-refractivity contribution in [1.29, 1.82) is 0 Å². The average Bonchev–Trinajstić information content (AvgIpc) is 3.08. The number of benzene rings is 2. The fourth-order valence-corrected chi connectivity index (χ4v) is 5.17. The van der Waals surface area contributed by atoms with Crippen LogP contribution in [0.15, 0.2) is 53.4 Å². The number of nitrogens with one attached hydrogen (secondary N) is 1. The second-order valence-electron chi connectivity index (χ2n) is 7.85. The van der Waals surface area contributed by atoms with Crippen molar-refractivity contribution < 1.29 is 17.9 Å². The van der Waals surface area contributed by atoms with Gasteiger partial charge in [0.15, 0.2) is 0 Å². The van der Waals surface area contributed by atoms with Gasteiger partial charge in [-0.3, -0.25) is 4.79 Å². The van der Waals surface area contributed by atoms with Gasteiger partial charge in [0, 0.05) is 18.8 Å². The topological polar surface area (TPSA) is 75.7 Å². The number of carbonyl (C=O) groups excluding carboxylic acids is 1. The Hall–Kier alpha value is -2.38. The van der Waals surface area contributed by atoms with Crippen LogP contribution in [0, 0.1) is 0 Å². The maximum absolute atomic E-state index is 12.9. The fourth-order valence-electron chi connectivity index (χ4n) is 3.65. The van der Waals surface area contributed by atoms with Gasteiger partial charge in [-0.2, -0.15) is 4.31 Å². The van der Waals surface area contributed by atoms with Crippen molar-refractivity contribution in [2.45, 2.75) is 56.8 Å². The first-order valence-corrected chi connectivity index (χ1v) is 12.6. The highest BCUT2D eigenvalue weighted by Gasteiger charge is 2.25. The van der Waals surface area contributed by atoms with E-state index in [0.717, 1.165) is 44.9 Å². The molecule has 1 amide bonds. The van der Waals surface area contributed by atoms with Crippen LogP contribution in [0.4, 0.5) is 5.69 Å². The molecular formula is C24H32N2O4S. The first-order chi connectivity index (χ1) is 15.0. The molecule has 6 nitrogen and oxygen atoms in total. The molecule has 0 aliphatic carbocycles. The normalized spacial score (nSPS) is 15.3. The number of para-hydroxylation sites is 1. The van der Waals surface area contributed by atoms with Gasteiger partial charge in [-0.15, -0.1) is 0 Å². The number of carbonyl (C=O) groups is 1. The molecular weight excluding hydrogens is 412 g/mol. The lowest BCUT2D eigenvalue weighted by atomic mass is 10.2. The van der Waals surface area contributed by atoms with Gasteiger partial charge in [0.05, 0.1) is 17.1 Å². The van der Waals surface area contributed by atoms with Crippen LogP contribution >= 0.6 is 0 Å². The van der Waals surface area contributed by atoms with E-state index in [9.17, 15) is 13.2 Å². The zero-order chi connectivity index (χ0) is 22.1. The fraction of sp³-hybridized carbons (Fsp3) is 0.458. The maximum Gasteiger partial charge on any atom is 0.259 e. The molecule has 0 atom stereocenters. The molecule has 0 aromatic heterocycles. The summed E-state index contributed by atoms with van der Waals surface area (Å²) in [5, 5.41) is 2.84. The van der Waals surface area contributed by atoms with Crippen molar-refractivity contribution in [3.05, 3.63) is 54.1 Å². The molecule has 1 saturated heterocycles. The van der Waals surface area contributed by atoms with Gasteiger partial charge in [0.2, 0.25) is 10.0 Å². The van der Waals surface area contributed by atoms with Gasteiger partial charge in [0.25, 0.3) is 5.91 Å². The maximum atomic E-state index is 12.9. The largest absolute Gasteiger partial charge is 0.493 e. The summed E-state index contributed by atoms with van der Waals surface area (Å²) in [6.45, 7) is 3.83. The number of ether oxygens (including phenoxy) is 1. The summed E-state index contributed by atoms with van der Waals surface area (Å²) in [5.74, 6) is 0.269. The zero-order valence-corrected chi connectivity index (χ0v) is 19.0. The Morgan fingerprint density at radius 3 is 2.32 bits per heavy atom. The highest BCUT2D eigenvalue weighted by atomic mass is 32.2. The van der Waals surface area contributed by atoms with Crippen LogP contribution in [0.2, 0.25) is 0 Å². The van der Waals surface area contributed by atoms with Crippen LogP contribution < -0.4 is 10.1 Å². The predicted molar refractivity (Wildman–Crippen MR) is 123 cm³/mol. The Morgan fingerprint density at radius 1 is 0.968 bits per heavy atom. The van der Waals surface area contributed by atoms with E-state index < -0.39 is 10.0 Å². The molecule has 168 valence electrons. The SMILES string of the molecule is CCCCCOc1ccccc1C(=O)Nc1ccc(S(=O)(=O)N2CCCCCC2)cc1. The van der Waals surface area contributed by atoms with Crippen molar-refractivity contribution >= 4 is 21.6 Å². The van der Waals surface area contributed by atoms with E-state index in [0.29, 0.717) is 36.7 Å². The molecule has 1 N–H and O–H groups in total. The number of nitrogens with zero attached hydrogens (tertiary/aromatic N) is 1. The van der Waals surface area contributed by atoms with Crippen LogP contribution in [-0.4, -0.2) is 38.3 Å². The number of sulfonamides is 1. The predicted octanol–water partition coefficient (Wildman–Crippen LogP) is 5.07. The lowest BCUT2D eigenvalue weighted by molar-refractivity contribution is 0.102. The molecule has 0 bridgehead atoms. The smallest absolute Gasteiger partial charge is 0.259 e. The Balaban J connectivity index is 1.67. The molecule has 0 radical (unpaired) electrons. The lowest BCUT2D eigenvalue weighted by Gasteiger charge is -2.20. The molecule has 31 heavy (non-hydrogen) atoms. The molecule has 2 aromatic carbocycles. The Kier molecular flexibility index (Phi) is 8.49. The van der Waals surface area contributed by atoms with E-state index in [1.807, 2.05) is 6.07 Å². The number of amides is 1. The van der Waals surface area contributed by atoms with Crippen molar-refractivity contribution in [1.82, 2.24) is 4.31 Å². The molecule has 0 saturated carbocycles. The summed E-state index contributed by atoms with van der Waals surface area (Å²) >= 11 is 0. The summed E-state index contributed by atoms with van der Waals surface area (Å²) in [7, 11) is -3.50. The molecule has 2 aromatic rings. The minimum Gasteiger partial charge on any atom is -0.493 e. The molecule has 1 aliphatic rings. The molecule has 3 rings (SSSR count). The molecule has 1 fully saturated rings. The summed E-state index contributed by atoms with van der Waals surface area (Å²) < 4.78 is 33.2. The Bertz CT molecular complexity index is 950. The molecule has 0 spiro atoms. The average molecular weight is 445 g/mol. The minimum absolute atomic E-state index is 0.257. The van der Waals surface area contributed by atoms with E-state index in [1.165, 1.54) is 0 Å². The van der Waals surface area contributed by atoms with E-state index in [-0.39, 0.29) is 10.8 Å². The second kappa shape index (κ2) is 11.3. The minimum atomic E-state index is -3.50. The second-order valence-corrected chi connectivity index (χ2v) is 9.79. The monoisotopic (exact) mass is 444 g/mol. The molecule has 1 aliphatic heterocycles. The first-order valence-electron chi connectivity index (χ1n) is 11.2. The lowest BCUT2D eigenvalue weighted by Crippen LogP contribution is -2.31. The summed E-state index contributed by atoms with van der Waals surface area (Å²) in [4.78, 5) is 13.0. The van der Waals surface area contributed by atoms with Gasteiger partial charge in [-0.25, -0.2) is 8.42 Å². The van der Waals surface area contributed by atoms with Crippen molar-refractivity contribution in [3.8, 4) is 5.75 Å². The Labute approximate surface area is 185 Å². The first kappa shape index (κ1) is 23.3. The van der Waals surface area contributed by atoms with E-state index in [4.69, 9.17) is 4.74 Å². The van der Waals surface area contributed by atoms with Gasteiger partial charge in [0.1, 0.15) is 5.75 Å². The van der Waals surface area contributed by atoms with Crippen LogP contribution in [0.1, 0.15) is 62.2 Å². The van der Waals surface area contributed by atoms with Crippen LogP contribution in [-0.2, 0) is 10.0 Å². The summed E-state index contributed by atoms with van der Waals surface area (Å²) in [6.07, 6.45) is 7.07. The Morgan fingerprint density at radius 2 is 1.65 bits per heavy atom. The number of anilines is 1. The molecule has 0 unspecified atom stereocenters. The highest BCUT2D eigenvalue weighted by Crippen LogP contribution is 2.23. The van der Waals surface area contributed by atoms with Crippen molar-refractivity contribution in [2.75, 3.05) is 25.0 Å². The number of unbranched alkanes of at least 4 members (excludes halogenated alkanes) is 2. The third-order valence-electron chi connectivity index (χ3n) is 5.45. The van der Waals surface area contributed by atoms with Gasteiger partial charge >= 0.3 is 0 Å². The van der Waals surface area contributed by atoms with Crippen molar-refractivity contribution in [2.24, 2.45) is 0 Å². The highest BCUT2D eigenvalue weighted by molar-refractivity contribution is 7.89. The van der Waals surface area contributed by atoms with Gasteiger partial charge in [-0.05, 0) is 55.7 Å². The number of hydrogen-bond donors (Lipinski definition) is 1. The number of rotatable bonds is 9. The summed E-state index contributed by atoms with van der Waals surface area (Å²) in [6, 6.07) is 13.5.